The molecule has 6 rings (SSSR count). The third-order valence-electron chi connectivity index (χ3n) is 11.4. The molecule has 6 atom stereocenters. The fourth-order valence-electron chi connectivity index (χ4n) is 9.62. The second kappa shape index (κ2) is 7.61. The van der Waals surface area contributed by atoms with Crippen molar-refractivity contribution in [3.8, 4) is 0 Å². The third-order valence-corrected chi connectivity index (χ3v) is 11.4. The largest absolute Gasteiger partial charge is 0.376 e. The Morgan fingerprint density at radius 3 is 2.82 bits per heavy atom. The molecule has 3 N–H and O–H groups in total. The minimum Gasteiger partial charge on any atom is -0.376 e. The van der Waals surface area contributed by atoms with Crippen molar-refractivity contribution in [1.29, 1.82) is 0 Å². The van der Waals surface area contributed by atoms with Gasteiger partial charge in [-0.1, -0.05) is 24.6 Å². The third kappa shape index (κ3) is 2.68. The van der Waals surface area contributed by atoms with E-state index in [2.05, 4.69) is 42.3 Å². The average molecular weight is 467 g/mol. The van der Waals surface area contributed by atoms with Crippen LogP contribution in [0.15, 0.2) is 35.5 Å². The Morgan fingerprint density at radius 2 is 2.15 bits per heavy atom. The summed E-state index contributed by atoms with van der Waals surface area (Å²) in [4.78, 5) is 0. The summed E-state index contributed by atoms with van der Waals surface area (Å²) in [6.45, 7) is 14.7. The van der Waals surface area contributed by atoms with Gasteiger partial charge in [-0.2, -0.15) is 0 Å². The fraction of sp³-hybridized carbons (Fsp3) is 0.759. The first-order chi connectivity index (χ1) is 16.3. The monoisotopic (exact) mass is 466 g/mol. The van der Waals surface area contributed by atoms with Gasteiger partial charge in [0.2, 0.25) is 0 Å². The zero-order chi connectivity index (χ0) is 23.8. The Kier molecular flexibility index (Phi) is 5.18. The molecule has 0 aromatic heterocycles. The van der Waals surface area contributed by atoms with Crippen molar-refractivity contribution in [2.24, 2.45) is 22.5 Å². The zero-order valence-electron chi connectivity index (χ0n) is 21.4. The van der Waals surface area contributed by atoms with Crippen LogP contribution in [0.1, 0.15) is 71.1 Å². The highest BCUT2D eigenvalue weighted by atomic mass is 16.5. The molecule has 0 aromatic carbocycles. The van der Waals surface area contributed by atoms with E-state index in [0.29, 0.717) is 12.5 Å². The molecule has 5 nitrogen and oxygen atoms in total. The summed E-state index contributed by atoms with van der Waals surface area (Å²) < 4.78 is 14.3. The van der Waals surface area contributed by atoms with Crippen molar-refractivity contribution in [2.75, 3.05) is 33.4 Å². The maximum Gasteiger partial charge on any atom is 0.258 e. The van der Waals surface area contributed by atoms with Gasteiger partial charge in [-0.3, -0.25) is 0 Å². The number of ether oxygens (including phenoxy) is 2. The van der Waals surface area contributed by atoms with Crippen LogP contribution >= 0.6 is 0 Å². The summed E-state index contributed by atoms with van der Waals surface area (Å²) in [6, 6.07) is 0. The molecule has 6 aliphatic rings. The first-order valence-corrected chi connectivity index (χ1v) is 13.6. The van der Waals surface area contributed by atoms with Gasteiger partial charge in [-0.25, -0.2) is 9.89 Å². The highest BCUT2D eigenvalue weighted by Gasteiger charge is 2.74. The lowest BCUT2D eigenvalue weighted by Gasteiger charge is -2.58. The molecule has 34 heavy (non-hydrogen) atoms. The summed E-state index contributed by atoms with van der Waals surface area (Å²) >= 11 is 0. The molecule has 3 fully saturated rings. The molecule has 1 saturated carbocycles. The second-order valence-electron chi connectivity index (χ2n) is 12.4. The molecule has 5 heteroatoms. The van der Waals surface area contributed by atoms with Crippen LogP contribution in [-0.2, 0) is 9.47 Å². The summed E-state index contributed by atoms with van der Waals surface area (Å²) in [5.74, 6) is 0.486. The minimum absolute atomic E-state index is 0.0207. The van der Waals surface area contributed by atoms with Crippen molar-refractivity contribution in [3.63, 3.8) is 0 Å². The van der Waals surface area contributed by atoms with Gasteiger partial charge in [-0.05, 0) is 81.3 Å². The fourth-order valence-corrected chi connectivity index (χ4v) is 9.62. The molecule has 0 bridgehead atoms. The predicted molar refractivity (Wildman–Crippen MR) is 136 cm³/mol. The molecule has 2 aliphatic heterocycles. The van der Waals surface area contributed by atoms with Gasteiger partial charge in [0.1, 0.15) is 18.9 Å². The van der Waals surface area contributed by atoms with Gasteiger partial charge in [-0.15, -0.1) is 6.58 Å². The van der Waals surface area contributed by atoms with Crippen LogP contribution in [0.5, 0.6) is 0 Å². The lowest BCUT2D eigenvalue weighted by Crippen LogP contribution is -2.76. The van der Waals surface area contributed by atoms with Crippen LogP contribution in [0.2, 0.25) is 0 Å². The Labute approximate surface area is 205 Å². The lowest BCUT2D eigenvalue weighted by atomic mass is 9.47. The number of allylic oxidation sites excluding steroid dienone is 4. The number of nitrogens with one attached hydrogen (secondary N) is 1. The molecular weight excluding hydrogens is 422 g/mol. The topological polar surface area (TPSA) is 59.5 Å². The van der Waals surface area contributed by atoms with Gasteiger partial charge < -0.3 is 15.2 Å². The summed E-state index contributed by atoms with van der Waals surface area (Å²) in [7, 11) is 1.79. The summed E-state index contributed by atoms with van der Waals surface area (Å²) in [5, 5.41) is 3.78. The average Bonchev–Trinajstić information content (AvgIpc) is 3.52. The van der Waals surface area contributed by atoms with Crippen molar-refractivity contribution < 1.29 is 14.0 Å². The lowest BCUT2D eigenvalue weighted by molar-refractivity contribution is -0.602. The summed E-state index contributed by atoms with van der Waals surface area (Å²) in [6.07, 6.45) is 16.3. The van der Waals surface area contributed by atoms with Crippen molar-refractivity contribution in [3.05, 3.63) is 35.5 Å². The number of methoxy groups -OCH3 is 1. The van der Waals surface area contributed by atoms with Crippen LogP contribution in [0.25, 0.3) is 0 Å². The van der Waals surface area contributed by atoms with E-state index in [1.807, 2.05) is 0 Å². The van der Waals surface area contributed by atoms with Gasteiger partial charge in [0.15, 0.2) is 6.54 Å². The number of nitrogens with zero attached hydrogens (tertiary/aromatic N) is 1. The molecule has 4 aliphatic carbocycles. The number of rotatable bonds is 4. The minimum atomic E-state index is -0.435. The van der Waals surface area contributed by atoms with E-state index in [9.17, 15) is 0 Å². The molecular formula is C29H44N3O2+. The smallest absolute Gasteiger partial charge is 0.258 e. The quantitative estimate of drug-likeness (QED) is 0.484. The molecule has 0 aromatic rings. The molecule has 186 valence electrons. The van der Waals surface area contributed by atoms with Crippen LogP contribution in [0, 0.1) is 16.7 Å². The molecule has 6 unspecified atom stereocenters. The Hall–Kier alpha value is -1.27. The Balaban J connectivity index is 1.42. The van der Waals surface area contributed by atoms with Crippen molar-refractivity contribution >= 4 is 6.72 Å². The highest BCUT2D eigenvalue weighted by Crippen LogP contribution is 2.69. The van der Waals surface area contributed by atoms with Gasteiger partial charge in [0.25, 0.3) is 5.66 Å². The van der Waals surface area contributed by atoms with E-state index in [1.54, 1.807) is 23.8 Å². The van der Waals surface area contributed by atoms with E-state index in [1.165, 1.54) is 25.7 Å². The van der Waals surface area contributed by atoms with E-state index in [4.69, 9.17) is 15.2 Å². The zero-order valence-corrected chi connectivity index (χ0v) is 21.4. The standard InChI is InChI=1S/C29H44N3O2/c1-5-27-14-7-21-19-26(11-6-18-34-26)13-8-22(21)23(27)9-12-25(2)24(27)10-15-28(25,30)29(20-33-4)31-16-17-32(29)3/h5,9,24,31H,1,3,6-8,10-20,30H2,2,4H3/q+1. The van der Waals surface area contributed by atoms with Crippen LogP contribution < -0.4 is 11.1 Å². The van der Waals surface area contributed by atoms with Gasteiger partial charge in [0, 0.05) is 24.5 Å². The molecule has 0 amide bonds. The number of nitrogens with two attached hydrogens (primary N) is 1. The maximum absolute atomic E-state index is 7.59. The Morgan fingerprint density at radius 1 is 1.29 bits per heavy atom. The van der Waals surface area contributed by atoms with Crippen LogP contribution in [0.3, 0.4) is 0 Å². The van der Waals surface area contributed by atoms with E-state index in [-0.39, 0.29) is 16.4 Å². The maximum atomic E-state index is 7.59. The van der Waals surface area contributed by atoms with E-state index < -0.39 is 11.2 Å². The predicted octanol–water partition coefficient (Wildman–Crippen LogP) is 4.09. The van der Waals surface area contributed by atoms with Crippen LogP contribution in [-0.4, -0.2) is 61.5 Å². The van der Waals surface area contributed by atoms with Crippen molar-refractivity contribution in [2.45, 2.75) is 87.9 Å². The highest BCUT2D eigenvalue weighted by molar-refractivity contribution is 5.51. The molecule has 2 heterocycles. The first-order valence-electron chi connectivity index (χ1n) is 13.6. The SMILES string of the molecule is C=CC12CCC3=C(CCC4(CCCO4)C3)C1=CCC1(C)C2CCC1(N)C1(COC)NCC[N+]1=C. The Bertz CT molecular complexity index is 978. The van der Waals surface area contributed by atoms with Gasteiger partial charge >= 0.3 is 0 Å². The van der Waals surface area contributed by atoms with E-state index in [0.717, 1.165) is 58.2 Å². The normalized spacial score (nSPS) is 48.0. The molecule has 0 radical (unpaired) electrons. The van der Waals surface area contributed by atoms with E-state index >= 15 is 0 Å². The molecule has 2 saturated heterocycles. The summed E-state index contributed by atoms with van der Waals surface area (Å²) in [5.41, 5.74) is 11.7. The first kappa shape index (κ1) is 23.1. The van der Waals surface area contributed by atoms with Gasteiger partial charge in [0.05, 0.1) is 12.1 Å². The van der Waals surface area contributed by atoms with Crippen molar-refractivity contribution in [1.82, 2.24) is 5.32 Å². The van der Waals surface area contributed by atoms with Crippen LogP contribution in [0.4, 0.5) is 0 Å². The number of hydrogen-bond acceptors (Lipinski definition) is 4. The second-order valence-corrected chi connectivity index (χ2v) is 12.4. The molecule has 1 spiro atoms. The number of fused-ring (bicyclic) bond motifs is 4. The number of hydrogen-bond donors (Lipinski definition) is 2.